The zero-order valence-electron chi connectivity index (χ0n) is 10.3. The molecule has 0 aromatic heterocycles. The summed E-state index contributed by atoms with van der Waals surface area (Å²) in [5, 5.41) is 0. The van der Waals surface area contributed by atoms with E-state index in [2.05, 4.69) is 79.8 Å². The fraction of sp³-hybridized carbons (Fsp3) is 0.250. The van der Waals surface area contributed by atoms with Crippen LogP contribution in [0.4, 0.5) is 0 Å². The van der Waals surface area contributed by atoms with Gasteiger partial charge in [0.15, 0.2) is 0 Å². The predicted molar refractivity (Wildman–Crippen MR) is 81.8 cm³/mol. The summed E-state index contributed by atoms with van der Waals surface area (Å²) in [6.07, 6.45) is 0. The fourth-order valence-corrected chi connectivity index (χ4v) is 3.60. The standard InChI is InChI=1S/C16H15I/c1-10-4-6-12-13-7-5-11(2)9-15(13)16(3,17)14(12)8-10/h4-9H,1-3H3. The first kappa shape index (κ1) is 11.3. The zero-order chi connectivity index (χ0) is 12.2. The van der Waals surface area contributed by atoms with Crippen LogP contribution in [-0.4, -0.2) is 0 Å². The zero-order valence-corrected chi connectivity index (χ0v) is 12.5. The van der Waals surface area contributed by atoms with Crippen molar-refractivity contribution in [2.45, 2.75) is 24.2 Å². The largest absolute Gasteiger partial charge is 0.0702 e. The number of benzene rings is 2. The highest BCUT2D eigenvalue weighted by molar-refractivity contribution is 14.1. The first-order valence-electron chi connectivity index (χ1n) is 5.92. The third-order valence-electron chi connectivity index (χ3n) is 3.65. The minimum atomic E-state index is 0.112. The molecule has 0 fully saturated rings. The van der Waals surface area contributed by atoms with Gasteiger partial charge in [-0.25, -0.2) is 0 Å². The van der Waals surface area contributed by atoms with Crippen molar-refractivity contribution >= 4 is 22.6 Å². The summed E-state index contributed by atoms with van der Waals surface area (Å²) in [5.41, 5.74) is 8.41. The average Bonchev–Trinajstić information content (AvgIpc) is 2.49. The molecular formula is C16H15I. The van der Waals surface area contributed by atoms with Crippen LogP contribution in [-0.2, 0) is 3.42 Å². The molecule has 86 valence electrons. The van der Waals surface area contributed by atoms with Crippen molar-refractivity contribution in [1.82, 2.24) is 0 Å². The van der Waals surface area contributed by atoms with E-state index in [1.54, 1.807) is 0 Å². The SMILES string of the molecule is Cc1ccc2c(c1)C(C)(I)c1cc(C)ccc1-2. The molecule has 0 saturated heterocycles. The summed E-state index contributed by atoms with van der Waals surface area (Å²) >= 11 is 2.58. The van der Waals surface area contributed by atoms with Crippen LogP contribution in [0.25, 0.3) is 11.1 Å². The number of alkyl halides is 1. The van der Waals surface area contributed by atoms with Gasteiger partial charge in [-0.1, -0.05) is 70.1 Å². The van der Waals surface area contributed by atoms with Crippen LogP contribution in [0.3, 0.4) is 0 Å². The molecule has 1 aliphatic rings. The van der Waals surface area contributed by atoms with E-state index in [1.165, 1.54) is 33.4 Å². The molecule has 0 spiro atoms. The summed E-state index contributed by atoms with van der Waals surface area (Å²) in [5.74, 6) is 0. The lowest BCUT2D eigenvalue weighted by Gasteiger charge is -2.19. The van der Waals surface area contributed by atoms with Crippen molar-refractivity contribution < 1.29 is 0 Å². The van der Waals surface area contributed by atoms with Gasteiger partial charge in [0.1, 0.15) is 0 Å². The van der Waals surface area contributed by atoms with Crippen molar-refractivity contribution in [2.75, 3.05) is 0 Å². The Balaban J connectivity index is 2.37. The summed E-state index contributed by atoms with van der Waals surface area (Å²) in [6, 6.07) is 13.6. The molecule has 17 heavy (non-hydrogen) atoms. The summed E-state index contributed by atoms with van der Waals surface area (Å²) < 4.78 is 0.112. The van der Waals surface area contributed by atoms with Gasteiger partial charge in [0.05, 0.1) is 3.42 Å². The van der Waals surface area contributed by atoms with Crippen LogP contribution >= 0.6 is 22.6 Å². The van der Waals surface area contributed by atoms with Gasteiger partial charge in [-0.3, -0.25) is 0 Å². The molecule has 1 heteroatoms. The Morgan fingerprint density at radius 1 is 0.824 bits per heavy atom. The van der Waals surface area contributed by atoms with Gasteiger partial charge in [0.25, 0.3) is 0 Å². The first-order valence-corrected chi connectivity index (χ1v) is 6.99. The van der Waals surface area contributed by atoms with Gasteiger partial charge >= 0.3 is 0 Å². The van der Waals surface area contributed by atoms with E-state index < -0.39 is 0 Å². The maximum atomic E-state index is 2.58. The molecule has 0 N–H and O–H groups in total. The number of rotatable bonds is 0. The Bertz CT molecular complexity index is 555. The summed E-state index contributed by atoms with van der Waals surface area (Å²) in [6.45, 7) is 6.65. The van der Waals surface area contributed by atoms with Gasteiger partial charge in [0, 0.05) is 0 Å². The molecule has 0 saturated carbocycles. The second-order valence-corrected chi connectivity index (χ2v) is 7.26. The van der Waals surface area contributed by atoms with Crippen LogP contribution in [0.2, 0.25) is 0 Å². The normalized spacial score (nSPS) is 15.5. The van der Waals surface area contributed by atoms with E-state index >= 15 is 0 Å². The van der Waals surface area contributed by atoms with Crippen LogP contribution in [0, 0.1) is 13.8 Å². The molecule has 1 aliphatic carbocycles. The minimum absolute atomic E-state index is 0.112. The highest BCUT2D eigenvalue weighted by atomic mass is 127. The lowest BCUT2D eigenvalue weighted by atomic mass is 9.97. The molecular weight excluding hydrogens is 319 g/mol. The van der Waals surface area contributed by atoms with Crippen LogP contribution in [0.5, 0.6) is 0 Å². The number of aryl methyl sites for hydroxylation is 2. The van der Waals surface area contributed by atoms with Crippen molar-refractivity contribution in [3.05, 3.63) is 58.7 Å². The lowest BCUT2D eigenvalue weighted by molar-refractivity contribution is 0.911. The average molecular weight is 334 g/mol. The van der Waals surface area contributed by atoms with E-state index in [0.29, 0.717) is 0 Å². The number of fused-ring (bicyclic) bond motifs is 3. The number of halogens is 1. The molecule has 0 unspecified atom stereocenters. The topological polar surface area (TPSA) is 0 Å². The Kier molecular flexibility index (Phi) is 2.37. The maximum absolute atomic E-state index is 2.58. The smallest absolute Gasteiger partial charge is 0.0686 e. The van der Waals surface area contributed by atoms with E-state index in [0.717, 1.165) is 0 Å². The van der Waals surface area contributed by atoms with Gasteiger partial charge in [-0.05, 0) is 43.0 Å². The highest BCUT2D eigenvalue weighted by Crippen LogP contribution is 2.52. The van der Waals surface area contributed by atoms with Gasteiger partial charge in [0.2, 0.25) is 0 Å². The van der Waals surface area contributed by atoms with Crippen LogP contribution < -0.4 is 0 Å². The molecule has 0 radical (unpaired) electrons. The molecule has 2 aromatic rings. The minimum Gasteiger partial charge on any atom is -0.0686 e. The molecule has 2 aromatic carbocycles. The summed E-state index contributed by atoms with van der Waals surface area (Å²) in [7, 11) is 0. The molecule has 0 bridgehead atoms. The van der Waals surface area contributed by atoms with Crippen LogP contribution in [0.15, 0.2) is 36.4 Å². The van der Waals surface area contributed by atoms with Crippen molar-refractivity contribution in [3.63, 3.8) is 0 Å². The molecule has 0 atom stereocenters. The van der Waals surface area contributed by atoms with E-state index in [1.807, 2.05) is 0 Å². The van der Waals surface area contributed by atoms with E-state index in [4.69, 9.17) is 0 Å². The Labute approximate surface area is 116 Å². The Morgan fingerprint density at radius 2 is 1.24 bits per heavy atom. The molecule has 0 amide bonds. The lowest BCUT2D eigenvalue weighted by Crippen LogP contribution is -2.10. The Hall–Kier alpha value is -0.830. The quantitative estimate of drug-likeness (QED) is 0.471. The van der Waals surface area contributed by atoms with Crippen molar-refractivity contribution in [3.8, 4) is 11.1 Å². The van der Waals surface area contributed by atoms with E-state index in [9.17, 15) is 0 Å². The second kappa shape index (κ2) is 3.58. The highest BCUT2D eigenvalue weighted by Gasteiger charge is 2.36. The van der Waals surface area contributed by atoms with Crippen molar-refractivity contribution in [2.24, 2.45) is 0 Å². The van der Waals surface area contributed by atoms with Gasteiger partial charge in [-0.15, -0.1) is 0 Å². The molecule has 0 aliphatic heterocycles. The monoisotopic (exact) mass is 334 g/mol. The van der Waals surface area contributed by atoms with Crippen molar-refractivity contribution in [1.29, 1.82) is 0 Å². The fourth-order valence-electron chi connectivity index (χ4n) is 2.71. The molecule has 3 rings (SSSR count). The van der Waals surface area contributed by atoms with Crippen LogP contribution in [0.1, 0.15) is 29.2 Å². The third-order valence-corrected chi connectivity index (χ3v) is 4.81. The third kappa shape index (κ3) is 1.55. The predicted octanol–water partition coefficient (Wildman–Crippen LogP) is 4.98. The van der Waals surface area contributed by atoms with E-state index in [-0.39, 0.29) is 3.42 Å². The number of hydrogen-bond acceptors (Lipinski definition) is 0. The number of hydrogen-bond donors (Lipinski definition) is 0. The maximum Gasteiger partial charge on any atom is 0.0702 e. The van der Waals surface area contributed by atoms with Gasteiger partial charge < -0.3 is 0 Å². The summed E-state index contributed by atoms with van der Waals surface area (Å²) in [4.78, 5) is 0. The molecule has 0 nitrogen and oxygen atoms in total. The Morgan fingerprint density at radius 3 is 1.65 bits per heavy atom. The second-order valence-electron chi connectivity index (χ2n) is 5.10. The van der Waals surface area contributed by atoms with Gasteiger partial charge in [-0.2, -0.15) is 0 Å². The molecule has 0 heterocycles. The first-order chi connectivity index (χ1) is 8.00.